The van der Waals surface area contributed by atoms with Gasteiger partial charge in [-0.3, -0.25) is 0 Å². The Labute approximate surface area is 87.5 Å². The Kier molecular flexibility index (Phi) is 3.22. The van der Waals surface area contributed by atoms with E-state index in [9.17, 15) is 0 Å². The highest BCUT2D eigenvalue weighted by atomic mass is 16.4. The molecule has 0 fully saturated rings. The Morgan fingerprint density at radius 1 is 1.07 bits per heavy atom. The fraction of sp³-hybridized carbons (Fsp3) is 0.273. The highest BCUT2D eigenvalue weighted by Crippen LogP contribution is 2.07. The molecular formula is C11H13NO3. The van der Waals surface area contributed by atoms with Gasteiger partial charge in [-0.2, -0.15) is 0 Å². The van der Waals surface area contributed by atoms with E-state index in [0.717, 1.165) is 11.5 Å². The van der Waals surface area contributed by atoms with Crippen LogP contribution in [0.3, 0.4) is 0 Å². The third kappa shape index (κ3) is 2.71. The van der Waals surface area contributed by atoms with Gasteiger partial charge in [0.05, 0.1) is 19.4 Å². The normalized spacial score (nSPS) is 10.7. The molecule has 0 saturated heterocycles. The summed E-state index contributed by atoms with van der Waals surface area (Å²) in [5.74, 6) is 2.29. The molecule has 0 aliphatic carbocycles. The van der Waals surface area contributed by atoms with E-state index in [1.165, 1.54) is 0 Å². The summed E-state index contributed by atoms with van der Waals surface area (Å²) in [5.41, 5.74) is 0. The maximum absolute atomic E-state index is 8.80. The van der Waals surface area contributed by atoms with Crippen LogP contribution in [0.2, 0.25) is 0 Å². The number of furan rings is 2. The van der Waals surface area contributed by atoms with Crippen LogP contribution in [0.5, 0.6) is 0 Å². The monoisotopic (exact) mass is 207 g/mol. The van der Waals surface area contributed by atoms with Gasteiger partial charge in [0.25, 0.3) is 0 Å². The van der Waals surface area contributed by atoms with Crippen molar-refractivity contribution in [1.82, 2.24) is 5.32 Å². The van der Waals surface area contributed by atoms with Crippen molar-refractivity contribution in [3.63, 3.8) is 0 Å². The molecule has 2 aromatic heterocycles. The average molecular weight is 207 g/mol. The number of aliphatic hydroxyl groups is 1. The smallest absolute Gasteiger partial charge is 0.129 e. The average Bonchev–Trinajstić information content (AvgIpc) is 2.88. The predicted octanol–water partition coefficient (Wildman–Crippen LogP) is 1.65. The van der Waals surface area contributed by atoms with Crippen molar-refractivity contribution in [3.05, 3.63) is 47.8 Å². The molecule has 0 aliphatic rings. The summed E-state index contributed by atoms with van der Waals surface area (Å²) in [5, 5.41) is 12.0. The Hall–Kier alpha value is -1.52. The molecule has 2 rings (SSSR count). The van der Waals surface area contributed by atoms with Gasteiger partial charge < -0.3 is 19.3 Å². The molecule has 4 nitrogen and oxygen atoms in total. The van der Waals surface area contributed by atoms with Gasteiger partial charge in [0.15, 0.2) is 0 Å². The van der Waals surface area contributed by atoms with Crippen molar-refractivity contribution < 1.29 is 13.9 Å². The zero-order valence-electron chi connectivity index (χ0n) is 8.27. The molecule has 0 bridgehead atoms. The largest absolute Gasteiger partial charge is 0.468 e. The lowest BCUT2D eigenvalue weighted by atomic mass is 10.4. The quantitative estimate of drug-likeness (QED) is 0.782. The minimum atomic E-state index is -0.0574. The van der Waals surface area contributed by atoms with E-state index in [-0.39, 0.29) is 6.61 Å². The molecule has 0 aliphatic heterocycles. The fourth-order valence-electron chi connectivity index (χ4n) is 1.32. The Balaban J connectivity index is 1.78. The molecule has 0 amide bonds. The van der Waals surface area contributed by atoms with Gasteiger partial charge >= 0.3 is 0 Å². The number of aliphatic hydroxyl groups excluding tert-OH is 1. The molecule has 0 radical (unpaired) electrons. The SMILES string of the molecule is OCc1ccc(CNCc2ccco2)o1. The van der Waals surface area contributed by atoms with Crippen LogP contribution in [0, 0.1) is 0 Å². The predicted molar refractivity (Wildman–Crippen MR) is 53.9 cm³/mol. The lowest BCUT2D eigenvalue weighted by molar-refractivity contribution is 0.242. The molecule has 15 heavy (non-hydrogen) atoms. The maximum Gasteiger partial charge on any atom is 0.129 e. The number of nitrogens with one attached hydrogen (secondary N) is 1. The van der Waals surface area contributed by atoms with Gasteiger partial charge in [-0.05, 0) is 24.3 Å². The van der Waals surface area contributed by atoms with Gasteiger partial charge in [0.1, 0.15) is 23.9 Å². The van der Waals surface area contributed by atoms with Crippen molar-refractivity contribution in [2.24, 2.45) is 0 Å². The van der Waals surface area contributed by atoms with Crippen molar-refractivity contribution in [1.29, 1.82) is 0 Å². The molecule has 0 spiro atoms. The molecule has 0 aromatic carbocycles. The minimum Gasteiger partial charge on any atom is -0.468 e. The lowest BCUT2D eigenvalue weighted by Crippen LogP contribution is -2.11. The molecule has 2 N–H and O–H groups in total. The van der Waals surface area contributed by atoms with E-state index in [1.807, 2.05) is 18.2 Å². The zero-order valence-corrected chi connectivity index (χ0v) is 8.27. The van der Waals surface area contributed by atoms with E-state index in [4.69, 9.17) is 13.9 Å². The minimum absolute atomic E-state index is 0.0574. The first-order chi connectivity index (χ1) is 7.38. The lowest BCUT2D eigenvalue weighted by Gasteiger charge is -1.99. The first-order valence-electron chi connectivity index (χ1n) is 4.80. The zero-order chi connectivity index (χ0) is 10.5. The number of hydrogen-bond acceptors (Lipinski definition) is 4. The van der Waals surface area contributed by atoms with Crippen LogP contribution in [-0.2, 0) is 19.7 Å². The highest BCUT2D eigenvalue weighted by molar-refractivity contribution is 5.06. The van der Waals surface area contributed by atoms with Crippen LogP contribution in [-0.4, -0.2) is 5.11 Å². The molecule has 2 heterocycles. The van der Waals surface area contributed by atoms with Crippen molar-refractivity contribution >= 4 is 0 Å². The van der Waals surface area contributed by atoms with Crippen LogP contribution >= 0.6 is 0 Å². The van der Waals surface area contributed by atoms with Crippen molar-refractivity contribution in [2.75, 3.05) is 0 Å². The molecule has 0 atom stereocenters. The summed E-state index contributed by atoms with van der Waals surface area (Å²) >= 11 is 0. The third-order valence-corrected chi connectivity index (χ3v) is 2.05. The number of rotatable bonds is 5. The standard InChI is InChI=1S/C11H13NO3/c13-8-11-4-3-10(15-11)7-12-6-9-2-1-5-14-9/h1-5,12-13H,6-8H2. The Morgan fingerprint density at radius 2 is 1.87 bits per heavy atom. The van der Waals surface area contributed by atoms with E-state index >= 15 is 0 Å². The second kappa shape index (κ2) is 4.82. The summed E-state index contributed by atoms with van der Waals surface area (Å²) in [6.07, 6.45) is 1.65. The summed E-state index contributed by atoms with van der Waals surface area (Å²) < 4.78 is 10.5. The van der Waals surface area contributed by atoms with Gasteiger partial charge in [-0.15, -0.1) is 0 Å². The van der Waals surface area contributed by atoms with Crippen LogP contribution < -0.4 is 5.32 Å². The molecule has 80 valence electrons. The fourth-order valence-corrected chi connectivity index (χ4v) is 1.32. The topological polar surface area (TPSA) is 58.5 Å². The Bertz CT molecular complexity index is 392. The van der Waals surface area contributed by atoms with Gasteiger partial charge in [-0.25, -0.2) is 0 Å². The van der Waals surface area contributed by atoms with Crippen LogP contribution in [0.4, 0.5) is 0 Å². The van der Waals surface area contributed by atoms with E-state index < -0.39 is 0 Å². The maximum atomic E-state index is 8.80. The van der Waals surface area contributed by atoms with E-state index in [1.54, 1.807) is 12.3 Å². The van der Waals surface area contributed by atoms with Crippen LogP contribution in [0.1, 0.15) is 17.3 Å². The third-order valence-electron chi connectivity index (χ3n) is 2.05. The van der Waals surface area contributed by atoms with Gasteiger partial charge in [0, 0.05) is 0 Å². The Morgan fingerprint density at radius 3 is 2.53 bits per heavy atom. The summed E-state index contributed by atoms with van der Waals surface area (Å²) in [7, 11) is 0. The summed E-state index contributed by atoms with van der Waals surface area (Å²) in [6.45, 7) is 1.24. The molecule has 0 unspecified atom stereocenters. The van der Waals surface area contributed by atoms with Crippen LogP contribution in [0.15, 0.2) is 39.4 Å². The molecular weight excluding hydrogens is 194 g/mol. The summed E-state index contributed by atoms with van der Waals surface area (Å²) in [6, 6.07) is 7.38. The second-order valence-corrected chi connectivity index (χ2v) is 3.21. The van der Waals surface area contributed by atoms with Crippen molar-refractivity contribution in [2.45, 2.75) is 19.7 Å². The highest BCUT2D eigenvalue weighted by Gasteiger charge is 2.01. The van der Waals surface area contributed by atoms with E-state index in [0.29, 0.717) is 18.8 Å². The summed E-state index contributed by atoms with van der Waals surface area (Å²) in [4.78, 5) is 0. The molecule has 2 aromatic rings. The van der Waals surface area contributed by atoms with Crippen molar-refractivity contribution in [3.8, 4) is 0 Å². The first-order valence-corrected chi connectivity index (χ1v) is 4.80. The van der Waals surface area contributed by atoms with Crippen LogP contribution in [0.25, 0.3) is 0 Å². The molecule has 0 saturated carbocycles. The van der Waals surface area contributed by atoms with E-state index in [2.05, 4.69) is 5.32 Å². The van der Waals surface area contributed by atoms with Gasteiger partial charge in [0.2, 0.25) is 0 Å². The van der Waals surface area contributed by atoms with Gasteiger partial charge in [-0.1, -0.05) is 0 Å². The molecule has 4 heteroatoms. The number of hydrogen-bond donors (Lipinski definition) is 2. The first kappa shape index (κ1) is 10.0. The second-order valence-electron chi connectivity index (χ2n) is 3.21.